The van der Waals surface area contributed by atoms with Gasteiger partial charge in [0.2, 0.25) is 0 Å². The largest absolute Gasteiger partial charge is 0.307 e. The van der Waals surface area contributed by atoms with E-state index in [9.17, 15) is 0 Å². The third kappa shape index (κ3) is 2.92. The number of aryl methyl sites for hydroxylation is 1. The fourth-order valence-corrected chi connectivity index (χ4v) is 3.67. The Morgan fingerprint density at radius 2 is 2.08 bits per heavy atom. The second-order valence-corrected chi connectivity index (χ2v) is 6.88. The second-order valence-electron chi connectivity index (χ2n) is 5.50. The Balaban J connectivity index is 1.58. The van der Waals surface area contributed by atoms with E-state index in [4.69, 9.17) is 16.6 Å². The molecule has 0 aliphatic carbocycles. The minimum atomic E-state index is 0.716. The Labute approximate surface area is 149 Å². The molecular formula is C18H15ClN4S. The Morgan fingerprint density at radius 1 is 1.17 bits per heavy atom. The highest BCUT2D eigenvalue weighted by Crippen LogP contribution is 2.25. The summed E-state index contributed by atoms with van der Waals surface area (Å²) in [4.78, 5) is 9.17. The van der Waals surface area contributed by atoms with Gasteiger partial charge in [0.1, 0.15) is 5.65 Å². The van der Waals surface area contributed by atoms with Gasteiger partial charge in [-0.15, -0.1) is 0 Å². The van der Waals surface area contributed by atoms with E-state index in [0.717, 1.165) is 27.9 Å². The molecule has 0 saturated carbocycles. The van der Waals surface area contributed by atoms with Gasteiger partial charge in [0, 0.05) is 41.3 Å². The fraction of sp³-hybridized carbons (Fsp3) is 0.111. The molecular weight excluding hydrogens is 340 g/mol. The molecule has 0 saturated heterocycles. The minimum absolute atomic E-state index is 0.716. The van der Waals surface area contributed by atoms with E-state index in [1.54, 1.807) is 18.0 Å². The maximum Gasteiger partial charge on any atom is 0.172 e. The summed E-state index contributed by atoms with van der Waals surface area (Å²) < 4.78 is 4.10. The number of halogens is 1. The van der Waals surface area contributed by atoms with Gasteiger partial charge in [-0.05, 0) is 36.8 Å². The van der Waals surface area contributed by atoms with Gasteiger partial charge in [-0.3, -0.25) is 4.57 Å². The molecule has 0 bridgehead atoms. The van der Waals surface area contributed by atoms with Crippen molar-refractivity contribution in [2.45, 2.75) is 17.8 Å². The maximum atomic E-state index is 6.09. The molecule has 0 aliphatic rings. The normalized spacial score (nSPS) is 11.2. The molecule has 1 aromatic carbocycles. The summed E-state index contributed by atoms with van der Waals surface area (Å²) in [6.45, 7) is 2.07. The predicted molar refractivity (Wildman–Crippen MR) is 98.1 cm³/mol. The average Bonchev–Trinajstić information content (AvgIpc) is 3.20. The number of thioether (sulfide) groups is 1. The molecule has 0 spiro atoms. The maximum absolute atomic E-state index is 6.09. The number of hydrogen-bond donors (Lipinski definition) is 0. The van der Waals surface area contributed by atoms with Gasteiger partial charge in [-0.2, -0.15) is 0 Å². The third-order valence-corrected chi connectivity index (χ3v) is 5.01. The lowest BCUT2D eigenvalue weighted by Crippen LogP contribution is -1.95. The van der Waals surface area contributed by atoms with Crippen molar-refractivity contribution in [1.29, 1.82) is 0 Å². The quantitative estimate of drug-likeness (QED) is 0.495. The summed E-state index contributed by atoms with van der Waals surface area (Å²) in [5.74, 6) is 0.763. The highest BCUT2D eigenvalue weighted by atomic mass is 35.5. The lowest BCUT2D eigenvalue weighted by atomic mass is 10.3. The first-order valence-corrected chi connectivity index (χ1v) is 8.92. The number of hydrogen-bond acceptors (Lipinski definition) is 3. The van der Waals surface area contributed by atoms with Crippen molar-refractivity contribution in [1.82, 2.24) is 18.9 Å². The van der Waals surface area contributed by atoms with Crippen LogP contribution in [-0.4, -0.2) is 18.9 Å². The molecule has 0 amide bonds. The van der Waals surface area contributed by atoms with Gasteiger partial charge in [-0.25, -0.2) is 9.97 Å². The first-order chi connectivity index (χ1) is 11.7. The van der Waals surface area contributed by atoms with Crippen molar-refractivity contribution in [3.63, 3.8) is 0 Å². The number of rotatable bonds is 4. The SMILES string of the molecule is Cc1cccn2cc(CSc3nccn3-c3cccc(Cl)c3)nc12. The fourth-order valence-electron chi connectivity index (χ4n) is 2.63. The molecule has 3 aromatic heterocycles. The zero-order chi connectivity index (χ0) is 16.5. The van der Waals surface area contributed by atoms with Crippen LogP contribution in [0.1, 0.15) is 11.3 Å². The molecule has 3 heterocycles. The number of nitrogens with zero attached hydrogens (tertiary/aromatic N) is 4. The van der Waals surface area contributed by atoms with Crippen LogP contribution in [0.2, 0.25) is 5.02 Å². The summed E-state index contributed by atoms with van der Waals surface area (Å²) >= 11 is 7.76. The molecule has 4 rings (SSSR count). The first kappa shape index (κ1) is 15.3. The Bertz CT molecular complexity index is 1010. The van der Waals surface area contributed by atoms with Crippen LogP contribution in [-0.2, 0) is 5.75 Å². The summed E-state index contributed by atoms with van der Waals surface area (Å²) in [6.07, 6.45) is 7.84. The van der Waals surface area contributed by atoms with Gasteiger partial charge in [0.15, 0.2) is 5.16 Å². The molecule has 0 atom stereocenters. The summed E-state index contributed by atoms with van der Waals surface area (Å²) in [7, 11) is 0. The summed E-state index contributed by atoms with van der Waals surface area (Å²) in [5, 5.41) is 1.64. The molecule has 0 radical (unpaired) electrons. The Kier molecular flexibility index (Phi) is 4.04. The van der Waals surface area contributed by atoms with Gasteiger partial charge in [-0.1, -0.05) is 35.5 Å². The van der Waals surface area contributed by atoms with Crippen LogP contribution in [0.15, 0.2) is 66.3 Å². The number of imidazole rings is 2. The van der Waals surface area contributed by atoms with E-state index >= 15 is 0 Å². The third-order valence-electron chi connectivity index (χ3n) is 3.77. The smallest absolute Gasteiger partial charge is 0.172 e. The van der Waals surface area contributed by atoms with Crippen molar-refractivity contribution in [3.05, 3.63) is 77.5 Å². The molecule has 0 aliphatic heterocycles. The zero-order valence-corrected chi connectivity index (χ0v) is 14.6. The topological polar surface area (TPSA) is 35.1 Å². The Hall–Kier alpha value is -2.24. The van der Waals surface area contributed by atoms with Crippen LogP contribution in [0.25, 0.3) is 11.3 Å². The highest BCUT2D eigenvalue weighted by Gasteiger charge is 2.09. The molecule has 4 aromatic rings. The van der Waals surface area contributed by atoms with Crippen molar-refractivity contribution in [3.8, 4) is 5.69 Å². The molecule has 0 N–H and O–H groups in total. The Morgan fingerprint density at radius 3 is 2.92 bits per heavy atom. The van der Waals surface area contributed by atoms with Crippen LogP contribution in [0.5, 0.6) is 0 Å². The summed E-state index contributed by atoms with van der Waals surface area (Å²) in [5.41, 5.74) is 4.23. The monoisotopic (exact) mass is 354 g/mol. The van der Waals surface area contributed by atoms with Crippen LogP contribution < -0.4 is 0 Å². The van der Waals surface area contributed by atoms with Crippen molar-refractivity contribution < 1.29 is 0 Å². The second kappa shape index (κ2) is 6.34. The van der Waals surface area contributed by atoms with Crippen LogP contribution in [0.3, 0.4) is 0 Å². The van der Waals surface area contributed by atoms with E-state index in [2.05, 4.69) is 28.6 Å². The predicted octanol–water partition coefficient (Wildman–Crippen LogP) is 4.77. The van der Waals surface area contributed by atoms with Gasteiger partial charge < -0.3 is 4.40 Å². The van der Waals surface area contributed by atoms with Crippen molar-refractivity contribution >= 4 is 29.0 Å². The van der Waals surface area contributed by atoms with Gasteiger partial charge in [0.25, 0.3) is 0 Å². The van der Waals surface area contributed by atoms with Crippen molar-refractivity contribution in [2.75, 3.05) is 0 Å². The van der Waals surface area contributed by atoms with E-state index < -0.39 is 0 Å². The molecule has 0 fully saturated rings. The van der Waals surface area contributed by atoms with E-state index in [1.807, 2.05) is 47.3 Å². The van der Waals surface area contributed by atoms with Gasteiger partial charge >= 0.3 is 0 Å². The standard InChI is InChI=1S/C18H15ClN4S/c1-13-4-3-8-22-11-15(21-17(13)22)12-24-18-20-7-9-23(18)16-6-2-5-14(19)10-16/h2-11H,12H2,1H3. The zero-order valence-electron chi connectivity index (χ0n) is 13.1. The van der Waals surface area contributed by atoms with E-state index in [-0.39, 0.29) is 0 Å². The molecule has 4 nitrogen and oxygen atoms in total. The molecule has 120 valence electrons. The van der Waals surface area contributed by atoms with Gasteiger partial charge in [0.05, 0.1) is 5.69 Å². The number of aromatic nitrogens is 4. The lowest BCUT2D eigenvalue weighted by Gasteiger charge is -2.07. The molecule has 24 heavy (non-hydrogen) atoms. The molecule has 6 heteroatoms. The number of fused-ring (bicyclic) bond motifs is 1. The van der Waals surface area contributed by atoms with Crippen LogP contribution in [0, 0.1) is 6.92 Å². The van der Waals surface area contributed by atoms with E-state index in [0.29, 0.717) is 5.02 Å². The lowest BCUT2D eigenvalue weighted by molar-refractivity contribution is 0.894. The first-order valence-electron chi connectivity index (χ1n) is 7.56. The average molecular weight is 355 g/mol. The van der Waals surface area contributed by atoms with Crippen molar-refractivity contribution in [2.24, 2.45) is 0 Å². The van der Waals surface area contributed by atoms with Crippen LogP contribution in [0.4, 0.5) is 0 Å². The van der Waals surface area contributed by atoms with E-state index in [1.165, 1.54) is 5.56 Å². The summed E-state index contributed by atoms with van der Waals surface area (Å²) in [6, 6.07) is 11.9. The minimum Gasteiger partial charge on any atom is -0.307 e. The number of benzene rings is 1. The van der Waals surface area contributed by atoms with Crippen LogP contribution >= 0.6 is 23.4 Å². The molecule has 0 unspecified atom stereocenters. The highest BCUT2D eigenvalue weighted by molar-refractivity contribution is 7.98. The number of pyridine rings is 1.